The van der Waals surface area contributed by atoms with Gasteiger partial charge in [0.25, 0.3) is 5.91 Å². The molecule has 6 heteroatoms. The monoisotopic (exact) mass is 371 g/mol. The van der Waals surface area contributed by atoms with Crippen LogP contribution in [0, 0.1) is 0 Å². The third kappa shape index (κ3) is 4.35. The lowest BCUT2D eigenvalue weighted by atomic mass is 10.1. The molecule has 1 N–H and O–H groups in total. The second kappa shape index (κ2) is 7.79. The molecular formula is C20H22ClN3O2. The van der Waals surface area contributed by atoms with Crippen molar-refractivity contribution in [3.8, 4) is 5.75 Å². The van der Waals surface area contributed by atoms with Crippen LogP contribution >= 0.6 is 11.6 Å². The Bertz CT molecular complexity index is 887. The van der Waals surface area contributed by atoms with Gasteiger partial charge in [-0.15, -0.1) is 0 Å². The highest BCUT2D eigenvalue weighted by molar-refractivity contribution is 6.30. The number of amides is 1. The molecule has 3 rings (SSSR count). The number of ether oxygens (including phenoxy) is 1. The van der Waals surface area contributed by atoms with Crippen LogP contribution in [0.4, 0.5) is 0 Å². The molecule has 26 heavy (non-hydrogen) atoms. The van der Waals surface area contributed by atoms with Crippen molar-refractivity contribution in [3.05, 3.63) is 59.9 Å². The second-order valence-electron chi connectivity index (χ2n) is 6.60. The number of halogens is 1. The average molecular weight is 372 g/mol. The predicted molar refractivity (Wildman–Crippen MR) is 104 cm³/mol. The first-order chi connectivity index (χ1) is 12.5. The minimum Gasteiger partial charge on any atom is -0.478 e. The molecule has 1 aromatic heterocycles. The van der Waals surface area contributed by atoms with E-state index in [0.717, 1.165) is 24.0 Å². The summed E-state index contributed by atoms with van der Waals surface area (Å²) in [5, 5.41) is 3.57. The van der Waals surface area contributed by atoms with Crippen LogP contribution in [0.15, 0.2) is 54.9 Å². The van der Waals surface area contributed by atoms with E-state index >= 15 is 0 Å². The zero-order chi connectivity index (χ0) is 18.6. The first-order valence-corrected chi connectivity index (χ1v) is 8.96. The molecule has 1 heterocycles. The van der Waals surface area contributed by atoms with Gasteiger partial charge < -0.3 is 14.6 Å². The smallest absolute Gasteiger partial charge is 0.263 e. The molecule has 0 saturated carbocycles. The SMILES string of the molecule is CC(C)(Oc1ccc(Cl)cc1)C(=O)NCCCn1cnc2ccccc21. The number of benzene rings is 2. The number of hydrogen-bond acceptors (Lipinski definition) is 3. The number of carbonyl (C=O) groups is 1. The summed E-state index contributed by atoms with van der Waals surface area (Å²) in [6.45, 7) is 4.86. The van der Waals surface area contributed by atoms with E-state index in [1.54, 1.807) is 38.1 Å². The minimum absolute atomic E-state index is 0.150. The normalized spacial score (nSPS) is 11.5. The number of imidazole rings is 1. The summed E-state index contributed by atoms with van der Waals surface area (Å²) in [5.41, 5.74) is 1.12. The second-order valence-corrected chi connectivity index (χ2v) is 7.04. The van der Waals surface area contributed by atoms with Gasteiger partial charge in [-0.25, -0.2) is 4.98 Å². The van der Waals surface area contributed by atoms with E-state index in [2.05, 4.69) is 14.9 Å². The molecule has 5 nitrogen and oxygen atoms in total. The number of nitrogens with zero attached hydrogens (tertiary/aromatic N) is 2. The Morgan fingerprint density at radius 3 is 2.69 bits per heavy atom. The molecular weight excluding hydrogens is 350 g/mol. The van der Waals surface area contributed by atoms with Gasteiger partial charge in [0.2, 0.25) is 0 Å². The zero-order valence-corrected chi connectivity index (χ0v) is 15.7. The Morgan fingerprint density at radius 1 is 1.19 bits per heavy atom. The van der Waals surface area contributed by atoms with Crippen molar-refractivity contribution >= 4 is 28.5 Å². The van der Waals surface area contributed by atoms with Crippen LogP contribution in [0.5, 0.6) is 5.75 Å². The molecule has 0 saturated heterocycles. The van der Waals surface area contributed by atoms with Crippen molar-refractivity contribution < 1.29 is 9.53 Å². The molecule has 1 amide bonds. The highest BCUT2D eigenvalue weighted by atomic mass is 35.5. The molecule has 0 radical (unpaired) electrons. The number of fused-ring (bicyclic) bond motifs is 1. The third-order valence-electron chi connectivity index (χ3n) is 4.12. The lowest BCUT2D eigenvalue weighted by Gasteiger charge is -2.25. The van der Waals surface area contributed by atoms with E-state index in [-0.39, 0.29) is 5.91 Å². The Hall–Kier alpha value is -2.53. The fraction of sp³-hybridized carbons (Fsp3) is 0.300. The standard InChI is InChI=1S/C20H22ClN3O2/c1-20(2,26-16-10-8-15(21)9-11-16)19(25)22-12-5-13-24-14-23-17-6-3-4-7-18(17)24/h3-4,6-11,14H,5,12-13H2,1-2H3,(H,22,25). The number of hydrogen-bond donors (Lipinski definition) is 1. The average Bonchev–Trinajstić information content (AvgIpc) is 3.03. The summed E-state index contributed by atoms with van der Waals surface area (Å²) in [7, 11) is 0. The highest BCUT2D eigenvalue weighted by Gasteiger charge is 2.29. The maximum atomic E-state index is 12.4. The van der Waals surface area contributed by atoms with Crippen LogP contribution < -0.4 is 10.1 Å². The van der Waals surface area contributed by atoms with Gasteiger partial charge in [-0.05, 0) is 56.7 Å². The van der Waals surface area contributed by atoms with Crippen LogP contribution in [-0.4, -0.2) is 27.6 Å². The van der Waals surface area contributed by atoms with E-state index in [4.69, 9.17) is 16.3 Å². The van der Waals surface area contributed by atoms with E-state index in [0.29, 0.717) is 17.3 Å². The summed E-state index contributed by atoms with van der Waals surface area (Å²) >= 11 is 5.87. The Balaban J connectivity index is 1.49. The molecule has 0 fully saturated rings. The van der Waals surface area contributed by atoms with Crippen LogP contribution in [0.2, 0.25) is 5.02 Å². The van der Waals surface area contributed by atoms with Gasteiger partial charge >= 0.3 is 0 Å². The van der Waals surface area contributed by atoms with Crippen molar-refractivity contribution in [2.45, 2.75) is 32.4 Å². The fourth-order valence-corrected chi connectivity index (χ4v) is 2.82. The van der Waals surface area contributed by atoms with Crippen molar-refractivity contribution in [2.75, 3.05) is 6.54 Å². The molecule has 0 spiro atoms. The largest absolute Gasteiger partial charge is 0.478 e. The van der Waals surface area contributed by atoms with E-state index in [1.165, 1.54) is 0 Å². The number of aryl methyl sites for hydroxylation is 1. The van der Waals surface area contributed by atoms with Gasteiger partial charge in [0.05, 0.1) is 17.4 Å². The molecule has 0 bridgehead atoms. The molecule has 0 aliphatic heterocycles. The Labute approximate surface area is 157 Å². The van der Waals surface area contributed by atoms with E-state index in [9.17, 15) is 4.79 Å². The number of nitrogens with one attached hydrogen (secondary N) is 1. The van der Waals surface area contributed by atoms with Gasteiger partial charge in [-0.2, -0.15) is 0 Å². The van der Waals surface area contributed by atoms with Crippen molar-refractivity contribution in [2.24, 2.45) is 0 Å². The third-order valence-corrected chi connectivity index (χ3v) is 4.37. The van der Waals surface area contributed by atoms with Crippen molar-refractivity contribution in [3.63, 3.8) is 0 Å². The maximum Gasteiger partial charge on any atom is 0.263 e. The van der Waals surface area contributed by atoms with Crippen LogP contribution in [0.1, 0.15) is 20.3 Å². The lowest BCUT2D eigenvalue weighted by molar-refractivity contribution is -0.134. The highest BCUT2D eigenvalue weighted by Crippen LogP contribution is 2.21. The van der Waals surface area contributed by atoms with Crippen LogP contribution in [0.25, 0.3) is 11.0 Å². The molecule has 0 aliphatic carbocycles. The Morgan fingerprint density at radius 2 is 1.92 bits per heavy atom. The summed E-state index contributed by atoms with van der Waals surface area (Å²) in [6, 6.07) is 15.0. The van der Waals surface area contributed by atoms with Gasteiger partial charge in [0.15, 0.2) is 5.60 Å². The topological polar surface area (TPSA) is 56.1 Å². The van der Waals surface area contributed by atoms with Gasteiger partial charge in [0, 0.05) is 18.1 Å². The van der Waals surface area contributed by atoms with Gasteiger partial charge in [-0.1, -0.05) is 23.7 Å². The summed E-state index contributed by atoms with van der Waals surface area (Å²) < 4.78 is 7.89. The van der Waals surface area contributed by atoms with Gasteiger partial charge in [0.1, 0.15) is 5.75 Å². The van der Waals surface area contributed by atoms with Crippen molar-refractivity contribution in [1.29, 1.82) is 0 Å². The van der Waals surface area contributed by atoms with Gasteiger partial charge in [-0.3, -0.25) is 4.79 Å². The molecule has 0 aliphatic rings. The molecule has 2 aromatic carbocycles. The first-order valence-electron chi connectivity index (χ1n) is 8.58. The first kappa shape index (κ1) is 18.3. The van der Waals surface area contributed by atoms with Crippen LogP contribution in [-0.2, 0) is 11.3 Å². The fourth-order valence-electron chi connectivity index (χ4n) is 2.70. The molecule has 0 unspecified atom stereocenters. The predicted octanol–water partition coefficient (Wildman–Crippen LogP) is 4.05. The summed E-state index contributed by atoms with van der Waals surface area (Å²) in [6.07, 6.45) is 2.64. The van der Waals surface area contributed by atoms with Crippen LogP contribution in [0.3, 0.4) is 0 Å². The van der Waals surface area contributed by atoms with E-state index < -0.39 is 5.60 Å². The molecule has 136 valence electrons. The molecule has 0 atom stereocenters. The summed E-state index contributed by atoms with van der Waals surface area (Å²) in [5.74, 6) is 0.461. The number of carbonyl (C=O) groups excluding carboxylic acids is 1. The number of aromatic nitrogens is 2. The Kier molecular flexibility index (Phi) is 5.47. The number of rotatable bonds is 7. The molecule has 3 aromatic rings. The minimum atomic E-state index is -0.963. The number of para-hydroxylation sites is 2. The van der Waals surface area contributed by atoms with Crippen molar-refractivity contribution in [1.82, 2.24) is 14.9 Å². The maximum absolute atomic E-state index is 12.4. The quantitative estimate of drug-likeness (QED) is 0.637. The van der Waals surface area contributed by atoms with E-state index in [1.807, 2.05) is 30.6 Å². The lowest BCUT2D eigenvalue weighted by Crippen LogP contribution is -2.46. The zero-order valence-electron chi connectivity index (χ0n) is 14.9. The summed E-state index contributed by atoms with van der Waals surface area (Å²) in [4.78, 5) is 16.8.